The zero-order chi connectivity index (χ0) is 14.5. The molecule has 0 bridgehead atoms. The summed E-state index contributed by atoms with van der Waals surface area (Å²) in [7, 11) is 2.89. The standard InChI is InChI=1S/C12H11N3O4S/c1-18-10-5-8(7-14-12-13-3-4-20-12)9(15(16)17)6-11(10)19-2/h3-7H,1-2H3. The van der Waals surface area contributed by atoms with Crippen molar-refractivity contribution in [3.8, 4) is 11.5 Å². The molecule has 0 aliphatic rings. The third kappa shape index (κ3) is 2.91. The molecule has 8 heteroatoms. The van der Waals surface area contributed by atoms with Crippen LogP contribution >= 0.6 is 11.3 Å². The Morgan fingerprint density at radius 3 is 2.60 bits per heavy atom. The molecule has 20 heavy (non-hydrogen) atoms. The fourth-order valence-electron chi connectivity index (χ4n) is 1.55. The second-order valence-electron chi connectivity index (χ2n) is 3.60. The normalized spacial score (nSPS) is 10.7. The Hall–Kier alpha value is -2.48. The van der Waals surface area contributed by atoms with Crippen molar-refractivity contribution in [1.29, 1.82) is 0 Å². The van der Waals surface area contributed by atoms with Gasteiger partial charge in [0.25, 0.3) is 5.69 Å². The highest BCUT2D eigenvalue weighted by Crippen LogP contribution is 2.33. The van der Waals surface area contributed by atoms with E-state index in [0.717, 1.165) is 0 Å². The van der Waals surface area contributed by atoms with Gasteiger partial charge in [-0.05, 0) is 6.07 Å². The summed E-state index contributed by atoms with van der Waals surface area (Å²) in [6.45, 7) is 0. The Balaban J connectivity index is 2.47. The van der Waals surface area contributed by atoms with Crippen LogP contribution in [0.3, 0.4) is 0 Å². The predicted octanol–water partition coefficient (Wildman–Crippen LogP) is 2.82. The molecule has 2 rings (SSSR count). The van der Waals surface area contributed by atoms with Gasteiger partial charge in [0.2, 0.25) is 5.13 Å². The molecule has 0 saturated heterocycles. The van der Waals surface area contributed by atoms with Crippen LogP contribution in [0, 0.1) is 10.1 Å². The first-order chi connectivity index (χ1) is 9.65. The zero-order valence-electron chi connectivity index (χ0n) is 10.8. The molecule has 0 saturated carbocycles. The van der Waals surface area contributed by atoms with Gasteiger partial charge in [-0.15, -0.1) is 11.3 Å². The molecule has 1 heterocycles. The molecule has 0 atom stereocenters. The van der Waals surface area contributed by atoms with E-state index in [1.54, 1.807) is 11.6 Å². The van der Waals surface area contributed by atoms with E-state index < -0.39 is 4.92 Å². The third-order valence-electron chi connectivity index (χ3n) is 2.46. The van der Waals surface area contributed by atoms with Crippen LogP contribution in [0.5, 0.6) is 11.5 Å². The Labute approximate surface area is 118 Å². The minimum Gasteiger partial charge on any atom is -0.493 e. The number of ether oxygens (including phenoxy) is 2. The van der Waals surface area contributed by atoms with Crippen molar-refractivity contribution in [2.45, 2.75) is 0 Å². The monoisotopic (exact) mass is 293 g/mol. The fraction of sp³-hybridized carbons (Fsp3) is 0.167. The minimum absolute atomic E-state index is 0.108. The van der Waals surface area contributed by atoms with Gasteiger partial charge in [0.1, 0.15) is 0 Å². The lowest BCUT2D eigenvalue weighted by molar-refractivity contribution is -0.385. The van der Waals surface area contributed by atoms with Crippen LogP contribution in [0.4, 0.5) is 10.8 Å². The fourth-order valence-corrected chi connectivity index (χ4v) is 2.03. The second-order valence-corrected chi connectivity index (χ2v) is 4.47. The molecular formula is C12H11N3O4S. The molecule has 0 radical (unpaired) electrons. The van der Waals surface area contributed by atoms with E-state index in [1.807, 2.05) is 0 Å². The Kier molecular flexibility index (Phi) is 4.26. The third-order valence-corrected chi connectivity index (χ3v) is 3.14. The molecule has 1 aromatic heterocycles. The van der Waals surface area contributed by atoms with Gasteiger partial charge in [0.15, 0.2) is 11.5 Å². The number of thiazole rings is 1. The van der Waals surface area contributed by atoms with Crippen molar-refractivity contribution in [2.24, 2.45) is 4.99 Å². The number of nitro benzene ring substituents is 1. The maximum Gasteiger partial charge on any atom is 0.282 e. The molecule has 0 N–H and O–H groups in total. The summed E-state index contributed by atoms with van der Waals surface area (Å²) in [5, 5.41) is 13.4. The number of hydrogen-bond donors (Lipinski definition) is 0. The summed E-state index contributed by atoms with van der Waals surface area (Å²) in [5.74, 6) is 0.698. The van der Waals surface area contributed by atoms with Crippen LogP contribution in [0.15, 0.2) is 28.7 Å². The first-order valence-corrected chi connectivity index (χ1v) is 6.37. The molecule has 0 spiro atoms. The lowest BCUT2D eigenvalue weighted by Gasteiger charge is -2.08. The topological polar surface area (TPSA) is 86.9 Å². The van der Waals surface area contributed by atoms with Gasteiger partial charge in [-0.2, -0.15) is 0 Å². The van der Waals surface area contributed by atoms with E-state index in [0.29, 0.717) is 22.2 Å². The second kappa shape index (κ2) is 6.11. The Morgan fingerprint density at radius 1 is 1.35 bits per heavy atom. The molecule has 2 aromatic rings. The van der Waals surface area contributed by atoms with Crippen LogP contribution in [0.25, 0.3) is 0 Å². The lowest BCUT2D eigenvalue weighted by atomic mass is 10.1. The van der Waals surface area contributed by atoms with E-state index in [9.17, 15) is 10.1 Å². The van der Waals surface area contributed by atoms with Crippen molar-refractivity contribution >= 4 is 28.4 Å². The summed E-state index contributed by atoms with van der Waals surface area (Å²) >= 11 is 1.34. The summed E-state index contributed by atoms with van der Waals surface area (Å²) in [4.78, 5) is 18.7. The van der Waals surface area contributed by atoms with Crippen molar-refractivity contribution < 1.29 is 14.4 Å². The molecule has 0 amide bonds. The number of nitrogens with zero attached hydrogens (tertiary/aromatic N) is 3. The number of rotatable bonds is 5. The van der Waals surface area contributed by atoms with E-state index in [1.165, 1.54) is 43.9 Å². The highest BCUT2D eigenvalue weighted by Gasteiger charge is 2.18. The Morgan fingerprint density at radius 2 is 2.05 bits per heavy atom. The molecule has 1 aromatic carbocycles. The number of nitro groups is 1. The van der Waals surface area contributed by atoms with Crippen molar-refractivity contribution in [1.82, 2.24) is 4.98 Å². The molecular weight excluding hydrogens is 282 g/mol. The van der Waals surface area contributed by atoms with Crippen LogP contribution < -0.4 is 9.47 Å². The molecule has 0 fully saturated rings. The molecule has 104 valence electrons. The van der Waals surface area contributed by atoms with Gasteiger partial charge in [-0.25, -0.2) is 9.98 Å². The number of methoxy groups -OCH3 is 2. The Bertz CT molecular complexity index is 640. The highest BCUT2D eigenvalue weighted by atomic mass is 32.1. The maximum atomic E-state index is 11.1. The smallest absolute Gasteiger partial charge is 0.282 e. The van der Waals surface area contributed by atoms with E-state index in [4.69, 9.17) is 9.47 Å². The van der Waals surface area contributed by atoms with Crippen LogP contribution in [-0.4, -0.2) is 30.3 Å². The van der Waals surface area contributed by atoms with Gasteiger partial charge in [-0.1, -0.05) is 0 Å². The molecule has 0 aliphatic heterocycles. The summed E-state index contributed by atoms with van der Waals surface area (Å²) < 4.78 is 10.2. The maximum absolute atomic E-state index is 11.1. The van der Waals surface area contributed by atoms with E-state index >= 15 is 0 Å². The average molecular weight is 293 g/mol. The molecule has 0 unspecified atom stereocenters. The first-order valence-electron chi connectivity index (χ1n) is 5.49. The first kappa shape index (κ1) is 13.9. The number of benzene rings is 1. The quantitative estimate of drug-likeness (QED) is 0.480. The number of aliphatic imine (C=N–C) groups is 1. The summed E-state index contributed by atoms with van der Waals surface area (Å²) in [6.07, 6.45) is 3.00. The largest absolute Gasteiger partial charge is 0.493 e. The SMILES string of the molecule is COc1cc(C=Nc2nccs2)c([N+](=O)[O-])cc1OC. The summed E-state index contributed by atoms with van der Waals surface area (Å²) in [5.41, 5.74) is 0.214. The van der Waals surface area contributed by atoms with Gasteiger partial charge < -0.3 is 9.47 Å². The van der Waals surface area contributed by atoms with Gasteiger partial charge in [-0.3, -0.25) is 10.1 Å². The minimum atomic E-state index is -0.495. The van der Waals surface area contributed by atoms with Crippen LogP contribution in [-0.2, 0) is 0 Å². The molecule has 7 nitrogen and oxygen atoms in total. The van der Waals surface area contributed by atoms with Crippen molar-refractivity contribution in [2.75, 3.05) is 14.2 Å². The van der Waals surface area contributed by atoms with E-state index in [-0.39, 0.29) is 5.69 Å². The summed E-state index contributed by atoms with van der Waals surface area (Å²) in [6, 6.07) is 2.82. The van der Waals surface area contributed by atoms with Crippen molar-refractivity contribution in [3.63, 3.8) is 0 Å². The van der Waals surface area contributed by atoms with Crippen molar-refractivity contribution in [3.05, 3.63) is 39.4 Å². The predicted molar refractivity (Wildman–Crippen MR) is 75.6 cm³/mol. The van der Waals surface area contributed by atoms with Crippen LogP contribution in [0.1, 0.15) is 5.56 Å². The number of aromatic nitrogens is 1. The van der Waals surface area contributed by atoms with Gasteiger partial charge in [0, 0.05) is 17.8 Å². The molecule has 0 aliphatic carbocycles. The van der Waals surface area contributed by atoms with Gasteiger partial charge in [0.05, 0.1) is 30.8 Å². The number of hydrogen-bond acceptors (Lipinski definition) is 7. The average Bonchev–Trinajstić information content (AvgIpc) is 2.97. The lowest BCUT2D eigenvalue weighted by Crippen LogP contribution is -1.98. The highest BCUT2D eigenvalue weighted by molar-refractivity contribution is 7.13. The zero-order valence-corrected chi connectivity index (χ0v) is 11.6. The van der Waals surface area contributed by atoms with Gasteiger partial charge >= 0.3 is 0 Å². The van der Waals surface area contributed by atoms with E-state index in [2.05, 4.69) is 9.98 Å². The van der Waals surface area contributed by atoms with Crippen LogP contribution in [0.2, 0.25) is 0 Å².